The van der Waals surface area contributed by atoms with Crippen molar-refractivity contribution in [3.8, 4) is 5.75 Å². The van der Waals surface area contributed by atoms with Gasteiger partial charge in [-0.25, -0.2) is 9.97 Å². The Morgan fingerprint density at radius 2 is 2.20 bits per heavy atom. The van der Waals surface area contributed by atoms with Gasteiger partial charge in [-0.3, -0.25) is 4.98 Å². The van der Waals surface area contributed by atoms with Crippen LogP contribution in [0.3, 0.4) is 0 Å². The normalized spacial score (nSPS) is 10.9. The summed E-state index contributed by atoms with van der Waals surface area (Å²) in [6, 6.07) is 5.81. The molecule has 0 aromatic carbocycles. The average Bonchev–Trinajstić information content (AvgIpc) is 2.87. The second-order valence-electron chi connectivity index (χ2n) is 4.36. The number of rotatable bonds is 4. The van der Waals surface area contributed by atoms with E-state index in [1.165, 1.54) is 0 Å². The van der Waals surface area contributed by atoms with Gasteiger partial charge in [-0.2, -0.15) is 0 Å². The lowest BCUT2D eigenvalue weighted by atomic mass is 10.2. The van der Waals surface area contributed by atoms with Crippen LogP contribution >= 0.6 is 22.6 Å². The molecule has 0 fully saturated rings. The van der Waals surface area contributed by atoms with Gasteiger partial charge in [-0.05, 0) is 40.8 Å². The fraction of sp³-hybridized carbons (Fsp3) is 0.214. The standard InChI is InChI=1S/C14H13IN4O/c1-20-12-3-2-6-16-10(12)4-5-13-18-11-7-9(15)8-17-14(11)19-13/h2-3,6-8H,4-5H2,1H3,(H,17,18,19). The third-order valence-electron chi connectivity index (χ3n) is 3.02. The van der Waals surface area contributed by atoms with Crippen LogP contribution in [0.15, 0.2) is 30.6 Å². The molecule has 0 atom stereocenters. The quantitative estimate of drug-likeness (QED) is 0.708. The van der Waals surface area contributed by atoms with Crippen molar-refractivity contribution in [2.45, 2.75) is 12.8 Å². The van der Waals surface area contributed by atoms with Crippen LogP contribution in [0.2, 0.25) is 0 Å². The Hall–Kier alpha value is -1.70. The van der Waals surface area contributed by atoms with Crippen LogP contribution in [0.25, 0.3) is 11.2 Å². The van der Waals surface area contributed by atoms with E-state index in [9.17, 15) is 0 Å². The first-order valence-corrected chi connectivity index (χ1v) is 7.32. The van der Waals surface area contributed by atoms with Crippen molar-refractivity contribution in [3.63, 3.8) is 0 Å². The van der Waals surface area contributed by atoms with Gasteiger partial charge in [-0.1, -0.05) is 0 Å². The number of aromatic nitrogens is 4. The van der Waals surface area contributed by atoms with Crippen molar-refractivity contribution in [1.29, 1.82) is 0 Å². The molecule has 102 valence electrons. The molecule has 5 nitrogen and oxygen atoms in total. The third-order valence-corrected chi connectivity index (χ3v) is 3.61. The topological polar surface area (TPSA) is 63.7 Å². The number of imidazole rings is 1. The number of halogens is 1. The summed E-state index contributed by atoms with van der Waals surface area (Å²) < 4.78 is 6.38. The molecule has 0 amide bonds. The monoisotopic (exact) mass is 380 g/mol. The minimum atomic E-state index is 0.778. The number of nitrogens with one attached hydrogen (secondary N) is 1. The summed E-state index contributed by atoms with van der Waals surface area (Å²) in [6.45, 7) is 0. The zero-order valence-corrected chi connectivity index (χ0v) is 13.1. The molecule has 0 aliphatic carbocycles. The zero-order chi connectivity index (χ0) is 13.9. The van der Waals surface area contributed by atoms with Crippen LogP contribution in [-0.2, 0) is 12.8 Å². The third kappa shape index (κ3) is 2.74. The smallest absolute Gasteiger partial charge is 0.157 e. The minimum absolute atomic E-state index is 0.778. The highest BCUT2D eigenvalue weighted by atomic mass is 127. The van der Waals surface area contributed by atoms with Gasteiger partial charge in [-0.15, -0.1) is 0 Å². The number of methoxy groups -OCH3 is 1. The lowest BCUT2D eigenvalue weighted by Gasteiger charge is -2.05. The predicted molar refractivity (Wildman–Crippen MR) is 84.8 cm³/mol. The zero-order valence-electron chi connectivity index (χ0n) is 10.9. The van der Waals surface area contributed by atoms with Crippen LogP contribution in [0.1, 0.15) is 11.5 Å². The predicted octanol–water partition coefficient (Wildman–Crippen LogP) is 2.75. The Bertz CT molecular complexity index is 741. The molecule has 0 bridgehead atoms. The maximum absolute atomic E-state index is 5.30. The number of ether oxygens (including phenoxy) is 1. The highest BCUT2D eigenvalue weighted by Gasteiger charge is 2.08. The first-order chi connectivity index (χ1) is 9.76. The number of fused-ring (bicyclic) bond motifs is 1. The van der Waals surface area contributed by atoms with Gasteiger partial charge >= 0.3 is 0 Å². The van der Waals surface area contributed by atoms with E-state index in [0.717, 1.165) is 44.8 Å². The number of hydrogen-bond donors (Lipinski definition) is 1. The van der Waals surface area contributed by atoms with Crippen molar-refractivity contribution in [1.82, 2.24) is 19.9 Å². The minimum Gasteiger partial charge on any atom is -0.495 e. The SMILES string of the molecule is COc1cccnc1CCc1nc2cc(I)cnc2[nH]1. The Morgan fingerprint density at radius 3 is 3.05 bits per heavy atom. The van der Waals surface area contributed by atoms with E-state index < -0.39 is 0 Å². The van der Waals surface area contributed by atoms with E-state index in [-0.39, 0.29) is 0 Å². The maximum atomic E-state index is 5.30. The molecule has 0 unspecified atom stereocenters. The van der Waals surface area contributed by atoms with Crippen LogP contribution in [-0.4, -0.2) is 27.0 Å². The van der Waals surface area contributed by atoms with E-state index in [1.807, 2.05) is 24.4 Å². The van der Waals surface area contributed by atoms with Gasteiger partial charge < -0.3 is 9.72 Å². The number of aromatic amines is 1. The molecule has 20 heavy (non-hydrogen) atoms. The number of H-pyrrole nitrogens is 1. The molecule has 3 rings (SSSR count). The summed E-state index contributed by atoms with van der Waals surface area (Å²) in [7, 11) is 1.66. The molecular weight excluding hydrogens is 367 g/mol. The summed E-state index contributed by atoms with van der Waals surface area (Å²) in [6.07, 6.45) is 5.16. The van der Waals surface area contributed by atoms with Crippen molar-refractivity contribution in [2.24, 2.45) is 0 Å². The van der Waals surface area contributed by atoms with Gasteiger partial charge in [0.1, 0.15) is 17.1 Å². The Kier molecular flexibility index (Phi) is 3.81. The molecule has 0 radical (unpaired) electrons. The van der Waals surface area contributed by atoms with Gasteiger partial charge in [0.25, 0.3) is 0 Å². The molecule has 0 aliphatic rings. The summed E-state index contributed by atoms with van der Waals surface area (Å²) >= 11 is 2.23. The average molecular weight is 380 g/mol. The number of nitrogens with zero attached hydrogens (tertiary/aromatic N) is 3. The van der Waals surface area contributed by atoms with Crippen LogP contribution in [0.5, 0.6) is 5.75 Å². The van der Waals surface area contributed by atoms with E-state index >= 15 is 0 Å². The molecule has 0 saturated heterocycles. The molecular formula is C14H13IN4O. The van der Waals surface area contributed by atoms with Crippen molar-refractivity contribution in [3.05, 3.63) is 45.7 Å². The summed E-state index contributed by atoms with van der Waals surface area (Å²) in [5.41, 5.74) is 2.67. The van der Waals surface area contributed by atoms with E-state index in [4.69, 9.17) is 4.74 Å². The van der Waals surface area contributed by atoms with Crippen LogP contribution in [0.4, 0.5) is 0 Å². The Balaban J connectivity index is 1.79. The fourth-order valence-electron chi connectivity index (χ4n) is 2.07. The van der Waals surface area contributed by atoms with Gasteiger partial charge in [0, 0.05) is 28.8 Å². The molecule has 0 spiro atoms. The summed E-state index contributed by atoms with van der Waals surface area (Å²) in [5.74, 6) is 1.73. The number of aryl methyl sites for hydroxylation is 2. The van der Waals surface area contributed by atoms with E-state index in [2.05, 4.69) is 42.5 Å². The summed E-state index contributed by atoms with van der Waals surface area (Å²) in [4.78, 5) is 16.5. The van der Waals surface area contributed by atoms with Crippen LogP contribution < -0.4 is 4.74 Å². The van der Waals surface area contributed by atoms with Crippen molar-refractivity contribution < 1.29 is 4.74 Å². The van der Waals surface area contributed by atoms with Crippen molar-refractivity contribution in [2.75, 3.05) is 7.11 Å². The number of pyridine rings is 2. The van der Waals surface area contributed by atoms with Gasteiger partial charge in [0.05, 0.1) is 12.8 Å². The summed E-state index contributed by atoms with van der Waals surface area (Å²) in [5, 5.41) is 0. The van der Waals surface area contributed by atoms with Crippen molar-refractivity contribution >= 4 is 33.8 Å². The maximum Gasteiger partial charge on any atom is 0.157 e. The molecule has 1 N–H and O–H groups in total. The van der Waals surface area contributed by atoms with E-state index in [0.29, 0.717) is 0 Å². The molecule has 0 aliphatic heterocycles. The highest BCUT2D eigenvalue weighted by molar-refractivity contribution is 14.1. The molecule has 6 heteroatoms. The molecule has 0 saturated carbocycles. The Morgan fingerprint density at radius 1 is 1.30 bits per heavy atom. The fourth-order valence-corrected chi connectivity index (χ4v) is 2.51. The highest BCUT2D eigenvalue weighted by Crippen LogP contribution is 2.17. The van der Waals surface area contributed by atoms with Gasteiger partial charge in [0.15, 0.2) is 5.65 Å². The lowest BCUT2D eigenvalue weighted by Crippen LogP contribution is -1.99. The second-order valence-corrected chi connectivity index (χ2v) is 5.60. The second kappa shape index (κ2) is 5.74. The molecule has 3 aromatic rings. The Labute approximate surface area is 130 Å². The lowest BCUT2D eigenvalue weighted by molar-refractivity contribution is 0.406. The van der Waals surface area contributed by atoms with Gasteiger partial charge in [0.2, 0.25) is 0 Å². The molecule has 3 aromatic heterocycles. The first-order valence-electron chi connectivity index (χ1n) is 6.24. The number of hydrogen-bond acceptors (Lipinski definition) is 4. The van der Waals surface area contributed by atoms with Crippen LogP contribution in [0, 0.1) is 3.57 Å². The molecule has 3 heterocycles. The van der Waals surface area contributed by atoms with E-state index in [1.54, 1.807) is 13.3 Å². The first kappa shape index (κ1) is 13.3. The largest absolute Gasteiger partial charge is 0.495 e.